The third kappa shape index (κ3) is 3.93. The van der Waals surface area contributed by atoms with Gasteiger partial charge in [0.15, 0.2) is 0 Å². The minimum Gasteiger partial charge on any atom is -0.496 e. The fourth-order valence-corrected chi connectivity index (χ4v) is 4.27. The zero-order valence-electron chi connectivity index (χ0n) is 16.9. The smallest absolute Gasteiger partial charge is 0.246 e. The monoisotopic (exact) mass is 406 g/mol. The summed E-state index contributed by atoms with van der Waals surface area (Å²) < 4.78 is 35.9. The van der Waals surface area contributed by atoms with Gasteiger partial charge in [-0.15, -0.1) is 0 Å². The van der Waals surface area contributed by atoms with Gasteiger partial charge < -0.3 is 14.1 Å². The molecule has 1 aliphatic heterocycles. The SMILES string of the molecule is COc1cc2oc(C)c(C)c2cc1/C(C)=C/C(=O)N1CCN(S(C)(=O)=O)CC1. The van der Waals surface area contributed by atoms with E-state index in [4.69, 9.17) is 9.15 Å². The molecule has 0 bridgehead atoms. The molecule has 0 saturated carbocycles. The summed E-state index contributed by atoms with van der Waals surface area (Å²) >= 11 is 0. The molecule has 1 saturated heterocycles. The summed E-state index contributed by atoms with van der Waals surface area (Å²) in [5.74, 6) is 1.37. The minimum absolute atomic E-state index is 0.132. The quantitative estimate of drug-likeness (QED) is 0.729. The summed E-state index contributed by atoms with van der Waals surface area (Å²) in [6.07, 6.45) is 2.78. The van der Waals surface area contributed by atoms with Crippen molar-refractivity contribution in [3.05, 3.63) is 35.1 Å². The maximum absolute atomic E-state index is 12.7. The number of carbonyl (C=O) groups is 1. The number of furan rings is 1. The first kappa shape index (κ1) is 20.4. The van der Waals surface area contributed by atoms with Crippen LogP contribution in [0.5, 0.6) is 5.75 Å². The van der Waals surface area contributed by atoms with E-state index in [0.29, 0.717) is 31.9 Å². The maximum Gasteiger partial charge on any atom is 0.246 e. The van der Waals surface area contributed by atoms with E-state index in [1.54, 1.807) is 18.1 Å². The van der Waals surface area contributed by atoms with Gasteiger partial charge >= 0.3 is 0 Å². The van der Waals surface area contributed by atoms with E-state index in [1.807, 2.05) is 32.9 Å². The summed E-state index contributed by atoms with van der Waals surface area (Å²) in [6.45, 7) is 7.20. The first-order valence-corrected chi connectivity index (χ1v) is 11.0. The lowest BCUT2D eigenvalue weighted by Gasteiger charge is -2.32. The second-order valence-corrected chi connectivity index (χ2v) is 9.13. The Morgan fingerprint density at radius 1 is 1.18 bits per heavy atom. The van der Waals surface area contributed by atoms with Gasteiger partial charge in [0.25, 0.3) is 0 Å². The molecule has 0 spiro atoms. The number of ether oxygens (including phenoxy) is 1. The average Bonchev–Trinajstić information content (AvgIpc) is 2.93. The lowest BCUT2D eigenvalue weighted by molar-refractivity contribution is -0.127. The van der Waals surface area contributed by atoms with Crippen molar-refractivity contribution in [2.24, 2.45) is 0 Å². The van der Waals surface area contributed by atoms with Crippen LogP contribution in [0.15, 0.2) is 22.6 Å². The van der Waals surface area contributed by atoms with E-state index in [1.165, 1.54) is 10.6 Å². The van der Waals surface area contributed by atoms with Gasteiger partial charge in [-0.05, 0) is 38.0 Å². The molecule has 1 aliphatic rings. The van der Waals surface area contributed by atoms with Crippen molar-refractivity contribution in [1.29, 1.82) is 0 Å². The summed E-state index contributed by atoms with van der Waals surface area (Å²) in [5.41, 5.74) is 3.44. The van der Waals surface area contributed by atoms with Gasteiger partial charge in [-0.25, -0.2) is 8.42 Å². The van der Waals surface area contributed by atoms with Crippen molar-refractivity contribution in [2.75, 3.05) is 39.5 Å². The van der Waals surface area contributed by atoms with Gasteiger partial charge in [-0.2, -0.15) is 4.31 Å². The Bertz CT molecular complexity index is 1040. The predicted octanol–water partition coefficient (Wildman–Crippen LogP) is 2.57. The number of fused-ring (bicyclic) bond motifs is 1. The van der Waals surface area contributed by atoms with Crippen LogP contribution in [0.3, 0.4) is 0 Å². The van der Waals surface area contributed by atoms with Crippen molar-refractivity contribution in [3.63, 3.8) is 0 Å². The highest BCUT2D eigenvalue weighted by atomic mass is 32.2. The molecular weight excluding hydrogens is 380 g/mol. The number of nitrogens with zero attached hydrogens (tertiary/aromatic N) is 2. The van der Waals surface area contributed by atoms with Crippen molar-refractivity contribution >= 4 is 32.5 Å². The van der Waals surface area contributed by atoms with Crippen LogP contribution >= 0.6 is 0 Å². The number of methoxy groups -OCH3 is 1. The molecule has 7 nitrogen and oxygen atoms in total. The highest BCUT2D eigenvalue weighted by Crippen LogP contribution is 2.34. The second kappa shape index (κ2) is 7.60. The summed E-state index contributed by atoms with van der Waals surface area (Å²) in [6, 6.07) is 3.83. The molecule has 28 heavy (non-hydrogen) atoms. The van der Waals surface area contributed by atoms with Gasteiger partial charge in [0.1, 0.15) is 17.1 Å². The van der Waals surface area contributed by atoms with Crippen LogP contribution in [0.4, 0.5) is 0 Å². The van der Waals surface area contributed by atoms with Crippen LogP contribution < -0.4 is 4.74 Å². The Hall–Kier alpha value is -2.32. The number of hydrogen-bond acceptors (Lipinski definition) is 5. The number of rotatable bonds is 4. The molecular formula is C20H26N2O5S. The zero-order chi connectivity index (χ0) is 20.6. The molecule has 2 aromatic rings. The molecule has 0 atom stereocenters. The predicted molar refractivity (Wildman–Crippen MR) is 109 cm³/mol. The van der Waals surface area contributed by atoms with Crippen LogP contribution in [-0.2, 0) is 14.8 Å². The molecule has 1 fully saturated rings. The molecule has 3 rings (SSSR count). The first-order valence-electron chi connectivity index (χ1n) is 9.12. The standard InChI is InChI=1S/C20H26N2O5S/c1-13(10-20(23)21-6-8-22(9-7-21)28(5,24)25)16-11-17-14(2)15(3)27-19(17)12-18(16)26-4/h10-12H,6-9H2,1-5H3/b13-10+. The van der Waals surface area contributed by atoms with E-state index in [2.05, 4.69) is 0 Å². The molecule has 1 amide bonds. The van der Waals surface area contributed by atoms with Gasteiger partial charge in [0.2, 0.25) is 15.9 Å². The normalized spacial score (nSPS) is 16.6. The third-order valence-corrected chi connectivity index (χ3v) is 6.58. The second-order valence-electron chi connectivity index (χ2n) is 7.15. The number of benzene rings is 1. The molecule has 0 N–H and O–H groups in total. The van der Waals surface area contributed by atoms with E-state index >= 15 is 0 Å². The van der Waals surface area contributed by atoms with E-state index in [9.17, 15) is 13.2 Å². The van der Waals surface area contributed by atoms with Gasteiger partial charge in [-0.1, -0.05) is 0 Å². The lowest BCUT2D eigenvalue weighted by atomic mass is 10.0. The number of aryl methyl sites for hydroxylation is 2. The van der Waals surface area contributed by atoms with Gasteiger partial charge in [-0.3, -0.25) is 4.79 Å². The molecule has 1 aromatic carbocycles. The lowest BCUT2D eigenvalue weighted by Crippen LogP contribution is -2.49. The van der Waals surface area contributed by atoms with E-state index in [-0.39, 0.29) is 5.91 Å². The molecule has 152 valence electrons. The average molecular weight is 407 g/mol. The number of piperazine rings is 1. The maximum atomic E-state index is 12.7. The number of amides is 1. The number of carbonyl (C=O) groups excluding carboxylic acids is 1. The van der Waals surface area contributed by atoms with Crippen molar-refractivity contribution < 1.29 is 22.4 Å². The van der Waals surface area contributed by atoms with Crippen molar-refractivity contribution in [1.82, 2.24) is 9.21 Å². The molecule has 0 aliphatic carbocycles. The fourth-order valence-electron chi connectivity index (χ4n) is 3.44. The van der Waals surface area contributed by atoms with E-state index in [0.717, 1.165) is 33.4 Å². The number of sulfonamides is 1. The highest BCUT2D eigenvalue weighted by molar-refractivity contribution is 7.88. The zero-order valence-corrected chi connectivity index (χ0v) is 17.7. The molecule has 2 heterocycles. The Kier molecular flexibility index (Phi) is 5.54. The third-order valence-electron chi connectivity index (χ3n) is 5.28. The van der Waals surface area contributed by atoms with Crippen molar-refractivity contribution in [2.45, 2.75) is 20.8 Å². The largest absolute Gasteiger partial charge is 0.496 e. The Labute approximate surface area is 165 Å². The van der Waals surface area contributed by atoms with E-state index < -0.39 is 10.0 Å². The van der Waals surface area contributed by atoms with Gasteiger partial charge in [0.05, 0.1) is 13.4 Å². The summed E-state index contributed by atoms with van der Waals surface area (Å²) in [4.78, 5) is 14.4. The highest BCUT2D eigenvalue weighted by Gasteiger charge is 2.25. The summed E-state index contributed by atoms with van der Waals surface area (Å²) in [5, 5.41) is 0.996. The molecule has 0 unspecified atom stereocenters. The molecule has 0 radical (unpaired) electrons. The minimum atomic E-state index is -3.22. The first-order chi connectivity index (χ1) is 13.1. The Balaban J connectivity index is 1.85. The van der Waals surface area contributed by atoms with Crippen LogP contribution in [0.1, 0.15) is 23.8 Å². The van der Waals surface area contributed by atoms with Crippen LogP contribution in [0.25, 0.3) is 16.5 Å². The fraction of sp³-hybridized carbons (Fsp3) is 0.450. The Morgan fingerprint density at radius 3 is 2.39 bits per heavy atom. The van der Waals surface area contributed by atoms with Crippen LogP contribution in [0, 0.1) is 13.8 Å². The topological polar surface area (TPSA) is 80.1 Å². The number of allylic oxidation sites excluding steroid dienone is 1. The molecule has 8 heteroatoms. The molecule has 1 aromatic heterocycles. The Morgan fingerprint density at radius 2 is 1.82 bits per heavy atom. The number of hydrogen-bond donors (Lipinski definition) is 0. The summed E-state index contributed by atoms with van der Waals surface area (Å²) in [7, 11) is -1.63. The van der Waals surface area contributed by atoms with Gasteiger partial charge in [0, 0.05) is 49.3 Å². The van der Waals surface area contributed by atoms with Crippen LogP contribution in [0.2, 0.25) is 0 Å². The van der Waals surface area contributed by atoms with Crippen LogP contribution in [-0.4, -0.2) is 63.1 Å². The van der Waals surface area contributed by atoms with Crippen molar-refractivity contribution in [3.8, 4) is 5.75 Å².